The van der Waals surface area contributed by atoms with E-state index in [9.17, 15) is 4.79 Å². The molecule has 102 valence electrons. The summed E-state index contributed by atoms with van der Waals surface area (Å²) >= 11 is 0. The largest absolute Gasteiger partial charge is 0.489 e. The van der Waals surface area contributed by atoms with E-state index in [1.165, 1.54) is 7.11 Å². The van der Waals surface area contributed by atoms with Gasteiger partial charge < -0.3 is 14.8 Å². The fourth-order valence-electron chi connectivity index (χ4n) is 1.96. The number of fused-ring (bicyclic) bond motifs is 1. The first kappa shape index (κ1) is 12.4. The third kappa shape index (κ3) is 2.27. The highest BCUT2D eigenvalue weighted by Crippen LogP contribution is 2.30. The van der Waals surface area contributed by atoms with Gasteiger partial charge in [0.15, 0.2) is 0 Å². The van der Waals surface area contributed by atoms with Gasteiger partial charge in [-0.3, -0.25) is 4.98 Å². The molecule has 2 aromatic heterocycles. The van der Waals surface area contributed by atoms with Gasteiger partial charge in [0.1, 0.15) is 18.1 Å². The van der Waals surface area contributed by atoms with Crippen LogP contribution in [0.5, 0.6) is 5.75 Å². The predicted octanol–water partition coefficient (Wildman–Crippen LogP) is 1.73. The molecule has 1 N–H and O–H groups in total. The van der Waals surface area contributed by atoms with Crippen molar-refractivity contribution in [2.24, 2.45) is 0 Å². The summed E-state index contributed by atoms with van der Waals surface area (Å²) in [7, 11) is 1.33. The minimum atomic E-state index is -0.456. The SMILES string of the molecule is COC(=O)c1ccc(-c2cc3c(cn2)NCCO3)cn1. The monoisotopic (exact) mass is 271 g/mol. The Morgan fingerprint density at radius 2 is 2.25 bits per heavy atom. The summed E-state index contributed by atoms with van der Waals surface area (Å²) < 4.78 is 10.2. The standard InChI is InChI=1S/C14H13N3O3/c1-19-14(18)10-3-2-9(7-16-10)11-6-13-12(8-17-11)15-4-5-20-13/h2-3,6-8,15H,4-5H2,1H3. The zero-order valence-corrected chi connectivity index (χ0v) is 10.9. The van der Waals surface area contributed by atoms with Crippen molar-refractivity contribution < 1.29 is 14.3 Å². The van der Waals surface area contributed by atoms with E-state index in [1.807, 2.05) is 6.07 Å². The van der Waals surface area contributed by atoms with E-state index in [4.69, 9.17) is 4.74 Å². The molecule has 0 unspecified atom stereocenters. The molecule has 0 bridgehead atoms. The van der Waals surface area contributed by atoms with Crippen LogP contribution < -0.4 is 10.1 Å². The number of carbonyl (C=O) groups excluding carboxylic acids is 1. The van der Waals surface area contributed by atoms with Gasteiger partial charge in [-0.1, -0.05) is 0 Å². The average molecular weight is 271 g/mol. The molecule has 0 aliphatic carbocycles. The van der Waals surface area contributed by atoms with Crippen molar-refractivity contribution >= 4 is 11.7 Å². The van der Waals surface area contributed by atoms with Crippen molar-refractivity contribution in [1.29, 1.82) is 0 Å². The lowest BCUT2D eigenvalue weighted by Gasteiger charge is -2.19. The van der Waals surface area contributed by atoms with Crippen LogP contribution in [0.2, 0.25) is 0 Å². The van der Waals surface area contributed by atoms with Crippen LogP contribution in [0.1, 0.15) is 10.5 Å². The highest BCUT2D eigenvalue weighted by molar-refractivity contribution is 5.87. The molecule has 3 rings (SSSR count). The molecule has 0 spiro atoms. The van der Waals surface area contributed by atoms with Crippen molar-refractivity contribution in [1.82, 2.24) is 9.97 Å². The Bertz CT molecular complexity index is 641. The zero-order chi connectivity index (χ0) is 13.9. The maximum absolute atomic E-state index is 11.3. The first-order valence-corrected chi connectivity index (χ1v) is 6.19. The first-order valence-electron chi connectivity index (χ1n) is 6.19. The van der Waals surface area contributed by atoms with Crippen molar-refractivity contribution in [2.75, 3.05) is 25.6 Å². The number of nitrogens with zero attached hydrogens (tertiary/aromatic N) is 2. The fraction of sp³-hybridized carbons (Fsp3) is 0.214. The average Bonchev–Trinajstić information content (AvgIpc) is 2.54. The second kappa shape index (κ2) is 5.16. The van der Waals surface area contributed by atoms with Gasteiger partial charge in [-0.2, -0.15) is 0 Å². The lowest BCUT2D eigenvalue weighted by molar-refractivity contribution is 0.0594. The lowest BCUT2D eigenvalue weighted by Crippen LogP contribution is -2.18. The van der Waals surface area contributed by atoms with E-state index in [1.54, 1.807) is 24.5 Å². The highest BCUT2D eigenvalue weighted by atomic mass is 16.5. The molecule has 0 fully saturated rings. The summed E-state index contributed by atoms with van der Waals surface area (Å²) in [6.45, 7) is 1.42. The molecular weight excluding hydrogens is 258 g/mol. The first-order chi connectivity index (χ1) is 9.78. The highest BCUT2D eigenvalue weighted by Gasteiger charge is 2.13. The van der Waals surface area contributed by atoms with Crippen molar-refractivity contribution in [3.05, 3.63) is 36.3 Å². The molecule has 6 nitrogen and oxygen atoms in total. The molecule has 2 aromatic rings. The number of aromatic nitrogens is 2. The van der Waals surface area contributed by atoms with E-state index < -0.39 is 5.97 Å². The lowest BCUT2D eigenvalue weighted by atomic mass is 10.1. The Morgan fingerprint density at radius 3 is 3.00 bits per heavy atom. The summed E-state index contributed by atoms with van der Waals surface area (Å²) in [6, 6.07) is 5.25. The van der Waals surface area contributed by atoms with Crippen LogP contribution >= 0.6 is 0 Å². The van der Waals surface area contributed by atoms with Crippen LogP contribution in [-0.4, -0.2) is 36.2 Å². The minimum Gasteiger partial charge on any atom is -0.489 e. The predicted molar refractivity (Wildman–Crippen MR) is 72.8 cm³/mol. The van der Waals surface area contributed by atoms with Gasteiger partial charge in [0.05, 0.1) is 24.7 Å². The molecular formula is C14H13N3O3. The number of carbonyl (C=O) groups is 1. The van der Waals surface area contributed by atoms with Gasteiger partial charge in [-0.15, -0.1) is 0 Å². The summed E-state index contributed by atoms with van der Waals surface area (Å²) in [5.41, 5.74) is 2.72. The third-order valence-electron chi connectivity index (χ3n) is 2.99. The van der Waals surface area contributed by atoms with Gasteiger partial charge in [0.25, 0.3) is 0 Å². The summed E-state index contributed by atoms with van der Waals surface area (Å²) in [6.07, 6.45) is 3.33. The number of ether oxygens (including phenoxy) is 2. The van der Waals surface area contributed by atoms with E-state index in [0.717, 1.165) is 29.2 Å². The molecule has 0 aromatic carbocycles. The van der Waals surface area contributed by atoms with Gasteiger partial charge in [-0.25, -0.2) is 9.78 Å². The number of methoxy groups -OCH3 is 1. The smallest absolute Gasteiger partial charge is 0.356 e. The molecule has 0 atom stereocenters. The molecule has 6 heteroatoms. The van der Waals surface area contributed by atoms with Crippen LogP contribution in [0.3, 0.4) is 0 Å². The summed E-state index contributed by atoms with van der Waals surface area (Å²) in [5.74, 6) is 0.320. The molecule has 1 aliphatic rings. The number of anilines is 1. The minimum absolute atomic E-state index is 0.270. The molecule has 0 saturated carbocycles. The van der Waals surface area contributed by atoms with E-state index in [2.05, 4.69) is 20.0 Å². The number of rotatable bonds is 2. The third-order valence-corrected chi connectivity index (χ3v) is 2.99. The molecule has 20 heavy (non-hydrogen) atoms. The Hall–Kier alpha value is -2.63. The molecule has 1 aliphatic heterocycles. The normalized spacial score (nSPS) is 12.8. The molecule has 0 amide bonds. The number of esters is 1. The second-order valence-corrected chi connectivity index (χ2v) is 4.26. The number of hydrogen-bond acceptors (Lipinski definition) is 6. The van der Waals surface area contributed by atoms with Gasteiger partial charge in [0, 0.05) is 24.4 Å². The number of pyridine rings is 2. The van der Waals surface area contributed by atoms with Crippen LogP contribution in [0.4, 0.5) is 5.69 Å². The number of hydrogen-bond donors (Lipinski definition) is 1. The van der Waals surface area contributed by atoms with Crippen LogP contribution in [0, 0.1) is 0 Å². The second-order valence-electron chi connectivity index (χ2n) is 4.26. The number of nitrogens with one attached hydrogen (secondary N) is 1. The van der Waals surface area contributed by atoms with E-state index in [-0.39, 0.29) is 5.69 Å². The van der Waals surface area contributed by atoms with Crippen LogP contribution in [-0.2, 0) is 4.74 Å². The fourth-order valence-corrected chi connectivity index (χ4v) is 1.96. The van der Waals surface area contributed by atoms with Crippen molar-refractivity contribution in [2.45, 2.75) is 0 Å². The van der Waals surface area contributed by atoms with Crippen LogP contribution in [0.15, 0.2) is 30.6 Å². The summed E-state index contributed by atoms with van der Waals surface area (Å²) in [4.78, 5) is 19.7. The van der Waals surface area contributed by atoms with Crippen molar-refractivity contribution in [3.8, 4) is 17.0 Å². The molecule has 0 radical (unpaired) electrons. The molecule has 3 heterocycles. The van der Waals surface area contributed by atoms with Gasteiger partial charge in [-0.05, 0) is 12.1 Å². The van der Waals surface area contributed by atoms with Gasteiger partial charge >= 0.3 is 5.97 Å². The van der Waals surface area contributed by atoms with Crippen molar-refractivity contribution in [3.63, 3.8) is 0 Å². The Morgan fingerprint density at radius 1 is 1.35 bits per heavy atom. The van der Waals surface area contributed by atoms with Gasteiger partial charge in [0.2, 0.25) is 0 Å². The maximum atomic E-state index is 11.3. The van der Waals surface area contributed by atoms with E-state index >= 15 is 0 Å². The molecule has 0 saturated heterocycles. The maximum Gasteiger partial charge on any atom is 0.356 e. The Balaban J connectivity index is 1.91. The Labute approximate surface area is 115 Å². The quantitative estimate of drug-likeness (QED) is 0.839. The topological polar surface area (TPSA) is 73.3 Å². The summed E-state index contributed by atoms with van der Waals surface area (Å²) in [5, 5.41) is 3.21. The van der Waals surface area contributed by atoms with E-state index in [0.29, 0.717) is 6.61 Å². The van der Waals surface area contributed by atoms with Crippen LogP contribution in [0.25, 0.3) is 11.3 Å². The Kier molecular flexibility index (Phi) is 3.20. The zero-order valence-electron chi connectivity index (χ0n) is 10.9.